The van der Waals surface area contributed by atoms with Crippen molar-refractivity contribution in [3.05, 3.63) is 17.0 Å². The molecule has 0 aliphatic heterocycles. The summed E-state index contributed by atoms with van der Waals surface area (Å²) in [5, 5.41) is 4.62. The summed E-state index contributed by atoms with van der Waals surface area (Å²) in [6.45, 7) is 4.16. The maximum absolute atomic E-state index is 6.21. The number of nitrogens with zero attached hydrogens (tertiary/aromatic N) is 4. The van der Waals surface area contributed by atoms with Crippen LogP contribution >= 0.6 is 11.6 Å². The lowest BCUT2D eigenvalue weighted by molar-refractivity contribution is 0.113. The molecule has 0 bridgehead atoms. The van der Waals surface area contributed by atoms with Crippen LogP contribution in [0.1, 0.15) is 44.6 Å². The van der Waals surface area contributed by atoms with E-state index < -0.39 is 0 Å². The van der Waals surface area contributed by atoms with Crippen LogP contribution in [0, 0.1) is 12.8 Å². The molecule has 0 N–H and O–H groups in total. The molecule has 1 fully saturated rings. The zero-order chi connectivity index (χ0) is 14.1. The maximum Gasteiger partial charge on any atom is 0.256 e. The molecule has 2 aromatic rings. The predicted molar refractivity (Wildman–Crippen MR) is 77.2 cm³/mol. The average molecular weight is 295 g/mol. The Bertz CT molecular complexity index is 612. The van der Waals surface area contributed by atoms with E-state index in [0.717, 1.165) is 24.3 Å². The summed E-state index contributed by atoms with van der Waals surface area (Å²) in [6.07, 6.45) is 7.65. The van der Waals surface area contributed by atoms with Gasteiger partial charge in [-0.1, -0.05) is 31.4 Å². The first-order chi connectivity index (χ1) is 9.69. The molecule has 0 aromatic carbocycles. The quantitative estimate of drug-likeness (QED) is 0.814. The molecule has 108 valence electrons. The Balaban J connectivity index is 1.90. The summed E-state index contributed by atoms with van der Waals surface area (Å²) in [6, 6.07) is 0. The summed E-state index contributed by atoms with van der Waals surface area (Å²) in [7, 11) is 0. The molecule has 2 heterocycles. The van der Waals surface area contributed by atoms with E-state index in [2.05, 4.69) is 22.0 Å². The first kappa shape index (κ1) is 13.6. The number of ether oxygens (including phenoxy) is 1. The van der Waals surface area contributed by atoms with Gasteiger partial charge in [-0.25, -0.2) is 0 Å². The van der Waals surface area contributed by atoms with E-state index in [1.807, 2.05) is 6.92 Å². The van der Waals surface area contributed by atoms with Crippen LogP contribution in [0.25, 0.3) is 5.78 Å². The molecule has 5 nitrogen and oxygen atoms in total. The minimum atomic E-state index is 0.235. The number of hydrogen-bond donors (Lipinski definition) is 0. The summed E-state index contributed by atoms with van der Waals surface area (Å²) < 4.78 is 7.84. The number of rotatable bonds is 3. The average Bonchev–Trinajstić information content (AvgIpc) is 2.92. The third-order valence-corrected chi connectivity index (χ3v) is 4.51. The highest BCUT2D eigenvalue weighted by Gasteiger charge is 2.24. The number of fused-ring (bicyclic) bond motifs is 1. The van der Waals surface area contributed by atoms with Gasteiger partial charge in [-0.05, 0) is 32.1 Å². The van der Waals surface area contributed by atoms with Crippen molar-refractivity contribution in [3.8, 4) is 5.88 Å². The van der Waals surface area contributed by atoms with E-state index in [0.29, 0.717) is 16.8 Å². The Kier molecular flexibility index (Phi) is 3.78. The van der Waals surface area contributed by atoms with Gasteiger partial charge in [0.1, 0.15) is 17.6 Å². The highest BCUT2D eigenvalue weighted by Crippen LogP contribution is 2.32. The number of aromatic nitrogens is 4. The second-order valence-electron chi connectivity index (χ2n) is 5.49. The maximum atomic E-state index is 6.21. The van der Waals surface area contributed by atoms with Gasteiger partial charge >= 0.3 is 0 Å². The van der Waals surface area contributed by atoms with Crippen molar-refractivity contribution in [1.29, 1.82) is 0 Å². The molecule has 6 heteroatoms. The minimum Gasteiger partial charge on any atom is -0.474 e. The summed E-state index contributed by atoms with van der Waals surface area (Å²) >= 11 is 6.15. The molecule has 0 amide bonds. The zero-order valence-electron chi connectivity index (χ0n) is 11.8. The smallest absolute Gasteiger partial charge is 0.256 e. The van der Waals surface area contributed by atoms with Crippen LogP contribution in [-0.4, -0.2) is 25.7 Å². The molecule has 1 aliphatic rings. The van der Waals surface area contributed by atoms with Gasteiger partial charge in [0.2, 0.25) is 5.88 Å². The molecule has 0 radical (unpaired) electrons. The second-order valence-corrected chi connectivity index (χ2v) is 5.84. The SMILES string of the molecule is CCC1CCCC(Oc2c(C)c(Cl)nc3ncnn23)C1. The van der Waals surface area contributed by atoms with Crippen LogP contribution in [0.3, 0.4) is 0 Å². The van der Waals surface area contributed by atoms with Crippen molar-refractivity contribution in [2.75, 3.05) is 0 Å². The van der Waals surface area contributed by atoms with Crippen LogP contribution < -0.4 is 4.74 Å². The number of hydrogen-bond acceptors (Lipinski definition) is 4. The van der Waals surface area contributed by atoms with Crippen LogP contribution in [0.5, 0.6) is 5.88 Å². The molecule has 20 heavy (non-hydrogen) atoms. The minimum absolute atomic E-state index is 0.235. The van der Waals surface area contributed by atoms with Crippen LogP contribution in [-0.2, 0) is 0 Å². The molecule has 3 rings (SSSR count). The van der Waals surface area contributed by atoms with E-state index in [4.69, 9.17) is 16.3 Å². The van der Waals surface area contributed by atoms with Gasteiger partial charge < -0.3 is 4.74 Å². The van der Waals surface area contributed by atoms with Crippen molar-refractivity contribution in [2.24, 2.45) is 5.92 Å². The monoisotopic (exact) mass is 294 g/mol. The molecule has 1 aliphatic carbocycles. The molecule has 2 atom stereocenters. The lowest BCUT2D eigenvalue weighted by Crippen LogP contribution is -2.26. The highest BCUT2D eigenvalue weighted by molar-refractivity contribution is 6.30. The first-order valence-electron chi connectivity index (χ1n) is 7.21. The van der Waals surface area contributed by atoms with Crippen molar-refractivity contribution < 1.29 is 4.74 Å². The van der Waals surface area contributed by atoms with E-state index >= 15 is 0 Å². The van der Waals surface area contributed by atoms with Gasteiger partial charge in [0.25, 0.3) is 5.78 Å². The van der Waals surface area contributed by atoms with E-state index in [1.165, 1.54) is 25.6 Å². The van der Waals surface area contributed by atoms with Gasteiger partial charge in [-0.2, -0.15) is 19.6 Å². The Morgan fingerprint density at radius 1 is 1.45 bits per heavy atom. The predicted octanol–water partition coefficient (Wildman–Crippen LogP) is 3.43. The van der Waals surface area contributed by atoms with Crippen LogP contribution in [0.15, 0.2) is 6.33 Å². The fourth-order valence-electron chi connectivity index (χ4n) is 2.89. The second kappa shape index (κ2) is 5.56. The highest BCUT2D eigenvalue weighted by atomic mass is 35.5. The van der Waals surface area contributed by atoms with Crippen LogP contribution in [0.2, 0.25) is 5.15 Å². The van der Waals surface area contributed by atoms with Crippen molar-refractivity contribution in [1.82, 2.24) is 19.6 Å². The third kappa shape index (κ3) is 2.46. The fraction of sp³-hybridized carbons (Fsp3) is 0.643. The van der Waals surface area contributed by atoms with Gasteiger partial charge in [-0.15, -0.1) is 0 Å². The van der Waals surface area contributed by atoms with E-state index in [-0.39, 0.29) is 6.10 Å². The van der Waals surface area contributed by atoms with Gasteiger partial charge in [0, 0.05) is 5.56 Å². The lowest BCUT2D eigenvalue weighted by atomic mass is 9.85. The number of halogens is 1. The summed E-state index contributed by atoms with van der Waals surface area (Å²) in [4.78, 5) is 8.28. The Morgan fingerprint density at radius 3 is 3.10 bits per heavy atom. The Labute approximate surface area is 123 Å². The Morgan fingerprint density at radius 2 is 2.30 bits per heavy atom. The molecule has 2 unspecified atom stereocenters. The first-order valence-corrected chi connectivity index (χ1v) is 7.59. The van der Waals surface area contributed by atoms with Crippen molar-refractivity contribution in [2.45, 2.75) is 52.1 Å². The lowest BCUT2D eigenvalue weighted by Gasteiger charge is -2.29. The normalized spacial score (nSPS) is 23.1. The summed E-state index contributed by atoms with van der Waals surface area (Å²) in [5.74, 6) is 1.93. The van der Waals surface area contributed by atoms with Gasteiger partial charge in [0.15, 0.2) is 0 Å². The topological polar surface area (TPSA) is 52.3 Å². The molecule has 0 saturated heterocycles. The van der Waals surface area contributed by atoms with Crippen molar-refractivity contribution >= 4 is 17.4 Å². The van der Waals surface area contributed by atoms with E-state index in [9.17, 15) is 0 Å². The fourth-order valence-corrected chi connectivity index (χ4v) is 3.05. The Hall–Kier alpha value is -1.36. The molecule has 0 spiro atoms. The largest absolute Gasteiger partial charge is 0.474 e. The van der Waals surface area contributed by atoms with Crippen molar-refractivity contribution in [3.63, 3.8) is 0 Å². The molecule has 1 saturated carbocycles. The van der Waals surface area contributed by atoms with Crippen LogP contribution in [0.4, 0.5) is 0 Å². The zero-order valence-corrected chi connectivity index (χ0v) is 12.6. The molecule has 2 aromatic heterocycles. The van der Waals surface area contributed by atoms with Gasteiger partial charge in [0.05, 0.1) is 0 Å². The molecular formula is C14H19ClN4O. The standard InChI is InChI=1S/C14H19ClN4O/c1-3-10-5-4-6-11(7-10)20-13-9(2)12(15)18-14-16-8-17-19(13)14/h8,10-11H,3-7H2,1-2H3. The third-order valence-electron chi connectivity index (χ3n) is 4.14. The summed E-state index contributed by atoms with van der Waals surface area (Å²) in [5.41, 5.74) is 0.822. The van der Waals surface area contributed by atoms with Gasteiger partial charge in [-0.3, -0.25) is 0 Å². The molecular weight excluding hydrogens is 276 g/mol. The van der Waals surface area contributed by atoms with E-state index in [1.54, 1.807) is 4.52 Å².